The fourth-order valence-electron chi connectivity index (χ4n) is 2.05. The highest BCUT2D eigenvalue weighted by Crippen LogP contribution is 2.17. The molecule has 17 heavy (non-hydrogen) atoms. The van der Waals surface area contributed by atoms with Crippen molar-refractivity contribution in [3.63, 3.8) is 0 Å². The summed E-state index contributed by atoms with van der Waals surface area (Å²) in [6.07, 6.45) is 6.79. The molecule has 1 aromatic heterocycles. The van der Waals surface area contributed by atoms with Crippen LogP contribution in [0.3, 0.4) is 0 Å². The molecule has 0 saturated carbocycles. The number of likely N-dealkylation sites (tertiary alicyclic amines) is 1. The number of thiazole rings is 1. The van der Waals surface area contributed by atoms with Gasteiger partial charge in [0.2, 0.25) is 0 Å². The number of carbonyl (C=O) groups excluding carboxylic acids is 1. The molecule has 94 valence electrons. The number of aromatic nitrogens is 1. The topological polar surface area (TPSA) is 71.2 Å². The summed E-state index contributed by atoms with van der Waals surface area (Å²) >= 11 is 1.42. The molecule has 1 aliphatic rings. The number of amides is 1. The third kappa shape index (κ3) is 3.49. The first-order valence-corrected chi connectivity index (χ1v) is 6.79. The van der Waals surface area contributed by atoms with Crippen molar-refractivity contribution in [2.24, 2.45) is 5.84 Å². The van der Waals surface area contributed by atoms with Crippen molar-refractivity contribution < 1.29 is 4.79 Å². The lowest BCUT2D eigenvalue weighted by atomic mass is 10.2. The monoisotopic (exact) mass is 254 g/mol. The molecule has 0 aliphatic carbocycles. The number of hydrogen-bond acceptors (Lipinski definition) is 5. The summed E-state index contributed by atoms with van der Waals surface area (Å²) in [5, 5.41) is 0.991. The van der Waals surface area contributed by atoms with Crippen LogP contribution in [0, 0.1) is 0 Å². The maximum atomic E-state index is 11.3. The van der Waals surface area contributed by atoms with Crippen molar-refractivity contribution in [2.45, 2.75) is 32.2 Å². The first kappa shape index (κ1) is 12.5. The van der Waals surface area contributed by atoms with E-state index in [-0.39, 0.29) is 5.91 Å². The van der Waals surface area contributed by atoms with Crippen LogP contribution in [0.1, 0.15) is 40.4 Å². The second-order valence-electron chi connectivity index (χ2n) is 4.28. The fraction of sp³-hybridized carbons (Fsp3) is 0.636. The molecule has 0 spiro atoms. The largest absolute Gasteiger partial charge is 0.297 e. The maximum Gasteiger partial charge on any atom is 0.276 e. The van der Waals surface area contributed by atoms with Crippen molar-refractivity contribution in [2.75, 3.05) is 13.1 Å². The normalized spacial score (nSPS) is 17.7. The van der Waals surface area contributed by atoms with E-state index >= 15 is 0 Å². The molecule has 0 radical (unpaired) electrons. The van der Waals surface area contributed by atoms with E-state index in [2.05, 4.69) is 15.3 Å². The maximum absolute atomic E-state index is 11.3. The van der Waals surface area contributed by atoms with Crippen LogP contribution in [0.15, 0.2) is 6.20 Å². The molecule has 0 atom stereocenters. The van der Waals surface area contributed by atoms with Gasteiger partial charge in [0.05, 0.1) is 12.7 Å². The molecule has 0 bridgehead atoms. The number of hydrogen-bond donors (Lipinski definition) is 2. The number of nitrogens with two attached hydrogens (primary N) is 1. The Morgan fingerprint density at radius 2 is 2.12 bits per heavy atom. The van der Waals surface area contributed by atoms with E-state index in [0.717, 1.165) is 24.6 Å². The van der Waals surface area contributed by atoms with Crippen molar-refractivity contribution in [3.05, 3.63) is 16.1 Å². The van der Waals surface area contributed by atoms with Crippen LogP contribution in [0.2, 0.25) is 0 Å². The van der Waals surface area contributed by atoms with E-state index in [1.165, 1.54) is 37.0 Å². The summed E-state index contributed by atoms with van der Waals surface area (Å²) in [5.41, 5.74) is 2.13. The van der Waals surface area contributed by atoms with E-state index in [1.54, 1.807) is 6.20 Å². The molecule has 1 aliphatic heterocycles. The summed E-state index contributed by atoms with van der Waals surface area (Å²) in [6, 6.07) is 0. The molecule has 3 N–H and O–H groups in total. The van der Waals surface area contributed by atoms with Crippen LogP contribution >= 0.6 is 11.3 Å². The number of nitrogen functional groups attached to an aromatic ring is 1. The van der Waals surface area contributed by atoms with Crippen LogP contribution in [0.5, 0.6) is 0 Å². The van der Waals surface area contributed by atoms with Gasteiger partial charge in [-0.2, -0.15) is 0 Å². The minimum atomic E-state index is -0.260. The van der Waals surface area contributed by atoms with Crippen molar-refractivity contribution in [1.82, 2.24) is 15.3 Å². The molecular weight excluding hydrogens is 236 g/mol. The average Bonchev–Trinajstić information content (AvgIpc) is 2.65. The molecule has 6 heteroatoms. The second kappa shape index (κ2) is 6.09. The number of nitrogens with zero attached hydrogens (tertiary/aromatic N) is 2. The number of hydrazine groups is 1. The van der Waals surface area contributed by atoms with Crippen molar-refractivity contribution >= 4 is 17.2 Å². The van der Waals surface area contributed by atoms with Gasteiger partial charge in [0.15, 0.2) is 0 Å². The molecule has 1 fully saturated rings. The molecular formula is C11H18N4OS. The van der Waals surface area contributed by atoms with Crippen molar-refractivity contribution in [3.8, 4) is 0 Å². The first-order valence-electron chi connectivity index (χ1n) is 5.97. The Bertz CT molecular complexity index is 371. The highest BCUT2D eigenvalue weighted by atomic mass is 32.1. The zero-order valence-corrected chi connectivity index (χ0v) is 10.6. The van der Waals surface area contributed by atoms with Gasteiger partial charge < -0.3 is 0 Å². The van der Waals surface area contributed by atoms with E-state index in [9.17, 15) is 4.79 Å². The molecule has 2 rings (SSSR count). The summed E-state index contributed by atoms with van der Waals surface area (Å²) in [7, 11) is 0. The summed E-state index contributed by atoms with van der Waals surface area (Å²) in [4.78, 5) is 18.6. The third-order valence-electron chi connectivity index (χ3n) is 2.97. The Morgan fingerprint density at radius 3 is 2.76 bits per heavy atom. The van der Waals surface area contributed by atoms with Crippen LogP contribution in [-0.4, -0.2) is 28.9 Å². The Hall–Kier alpha value is -0.980. The van der Waals surface area contributed by atoms with Crippen LogP contribution in [-0.2, 0) is 6.54 Å². The molecule has 0 aromatic carbocycles. The number of carbonyl (C=O) groups is 1. The summed E-state index contributed by atoms with van der Waals surface area (Å²) < 4.78 is 0. The van der Waals surface area contributed by atoms with Gasteiger partial charge >= 0.3 is 0 Å². The molecule has 0 unspecified atom stereocenters. The minimum absolute atomic E-state index is 0.260. The SMILES string of the molecule is NNC(=O)c1cnc(CN2CCCCCC2)s1. The Morgan fingerprint density at radius 1 is 1.41 bits per heavy atom. The Balaban J connectivity index is 1.93. The molecule has 2 heterocycles. The van der Waals surface area contributed by atoms with E-state index in [4.69, 9.17) is 5.84 Å². The highest BCUT2D eigenvalue weighted by molar-refractivity contribution is 7.13. The van der Waals surface area contributed by atoms with Crippen LogP contribution in [0.25, 0.3) is 0 Å². The minimum Gasteiger partial charge on any atom is -0.297 e. The Kier molecular flexibility index (Phi) is 4.47. The van der Waals surface area contributed by atoms with E-state index in [0.29, 0.717) is 4.88 Å². The predicted molar refractivity (Wildman–Crippen MR) is 67.5 cm³/mol. The van der Waals surface area contributed by atoms with Gasteiger partial charge in [0, 0.05) is 0 Å². The summed E-state index contributed by atoms with van der Waals surface area (Å²) in [6.45, 7) is 3.12. The highest BCUT2D eigenvalue weighted by Gasteiger charge is 2.13. The molecule has 1 aromatic rings. The zero-order valence-electron chi connectivity index (χ0n) is 9.82. The lowest BCUT2D eigenvalue weighted by Gasteiger charge is -2.17. The van der Waals surface area contributed by atoms with Gasteiger partial charge in [-0.25, -0.2) is 10.8 Å². The smallest absolute Gasteiger partial charge is 0.276 e. The average molecular weight is 254 g/mol. The lowest BCUT2D eigenvalue weighted by molar-refractivity contribution is 0.0957. The predicted octanol–water partition coefficient (Wildman–Crippen LogP) is 1.12. The number of rotatable bonds is 3. The van der Waals surface area contributed by atoms with Crippen molar-refractivity contribution in [1.29, 1.82) is 0 Å². The van der Waals surface area contributed by atoms with Gasteiger partial charge in [-0.15, -0.1) is 11.3 Å². The van der Waals surface area contributed by atoms with Gasteiger partial charge in [0.25, 0.3) is 5.91 Å². The third-order valence-corrected chi connectivity index (χ3v) is 3.95. The number of nitrogens with one attached hydrogen (secondary N) is 1. The molecule has 1 saturated heterocycles. The fourth-order valence-corrected chi connectivity index (χ4v) is 2.91. The van der Waals surface area contributed by atoms with E-state index in [1.807, 2.05) is 0 Å². The quantitative estimate of drug-likeness (QED) is 0.482. The second-order valence-corrected chi connectivity index (χ2v) is 5.40. The van der Waals surface area contributed by atoms with Crippen LogP contribution in [0.4, 0.5) is 0 Å². The molecule has 5 nitrogen and oxygen atoms in total. The first-order chi connectivity index (χ1) is 8.29. The zero-order chi connectivity index (χ0) is 12.1. The Labute approximate surface area is 105 Å². The summed E-state index contributed by atoms with van der Waals surface area (Å²) in [5.74, 6) is 4.83. The van der Waals surface area contributed by atoms with Gasteiger partial charge in [0.1, 0.15) is 9.88 Å². The van der Waals surface area contributed by atoms with Crippen LogP contribution < -0.4 is 11.3 Å². The molecule has 1 amide bonds. The van der Waals surface area contributed by atoms with E-state index < -0.39 is 0 Å². The van der Waals surface area contributed by atoms with Gasteiger partial charge in [-0.3, -0.25) is 15.1 Å². The van der Waals surface area contributed by atoms with Gasteiger partial charge in [-0.05, 0) is 25.9 Å². The lowest BCUT2D eigenvalue weighted by Crippen LogP contribution is -2.29. The van der Waals surface area contributed by atoms with Gasteiger partial charge in [-0.1, -0.05) is 12.8 Å². The standard InChI is InChI=1S/C11H18N4OS/c12-14-11(16)9-7-13-10(17-9)8-15-5-3-1-2-4-6-15/h7H,1-6,8,12H2,(H,14,16).